The third kappa shape index (κ3) is 3.68. The molecule has 2 aliphatic rings. The fourth-order valence-electron chi connectivity index (χ4n) is 4.59. The molecular formula is C25H34. The first-order chi connectivity index (χ1) is 12.3. The molecule has 0 spiro atoms. The zero-order chi connectivity index (χ0) is 17.6. The van der Waals surface area contributed by atoms with Crippen LogP contribution in [0, 0.1) is 0 Å². The molecule has 2 aliphatic carbocycles. The smallest absolute Gasteiger partial charge is 0.00675 e. The minimum atomic E-state index is 1.18. The molecule has 134 valence electrons. The van der Waals surface area contributed by atoms with E-state index in [2.05, 4.69) is 51.1 Å². The highest BCUT2D eigenvalue weighted by atomic mass is 14.4. The average Bonchev–Trinajstić information content (AvgIpc) is 2.66. The predicted octanol–water partition coefficient (Wildman–Crippen LogP) is 8.02. The molecule has 1 saturated carbocycles. The molecule has 0 bridgehead atoms. The zero-order valence-corrected chi connectivity index (χ0v) is 16.5. The lowest BCUT2D eigenvalue weighted by Crippen LogP contribution is -2.18. The lowest BCUT2D eigenvalue weighted by atomic mass is 9.66. The molecular weight excluding hydrogens is 300 g/mol. The van der Waals surface area contributed by atoms with Crippen molar-refractivity contribution in [2.24, 2.45) is 0 Å². The van der Waals surface area contributed by atoms with Crippen LogP contribution in [0.2, 0.25) is 0 Å². The quantitative estimate of drug-likeness (QED) is 0.494. The summed E-state index contributed by atoms with van der Waals surface area (Å²) in [5, 5.41) is 0. The second kappa shape index (κ2) is 8.70. The number of rotatable bonds is 6. The Hall–Kier alpha value is -1.56. The molecule has 0 nitrogen and oxygen atoms in total. The Labute approximate surface area is 154 Å². The van der Waals surface area contributed by atoms with Crippen LogP contribution in [0.1, 0.15) is 90.5 Å². The first-order valence-corrected chi connectivity index (χ1v) is 10.5. The van der Waals surface area contributed by atoms with Crippen molar-refractivity contribution in [3.05, 3.63) is 63.8 Å². The van der Waals surface area contributed by atoms with E-state index in [9.17, 15) is 0 Å². The fraction of sp³-hybridized carbons (Fsp3) is 0.520. The van der Waals surface area contributed by atoms with E-state index < -0.39 is 0 Å². The highest BCUT2D eigenvalue weighted by Crippen LogP contribution is 2.53. The van der Waals surface area contributed by atoms with Gasteiger partial charge in [0.15, 0.2) is 0 Å². The normalized spacial score (nSPS) is 17.8. The van der Waals surface area contributed by atoms with Gasteiger partial charge in [-0.2, -0.15) is 0 Å². The van der Waals surface area contributed by atoms with Crippen LogP contribution in [0.3, 0.4) is 0 Å². The van der Waals surface area contributed by atoms with Crippen molar-refractivity contribution in [2.45, 2.75) is 85.0 Å². The average molecular weight is 335 g/mol. The summed E-state index contributed by atoms with van der Waals surface area (Å²) in [6.07, 6.45) is 13.1. The Kier molecular flexibility index (Phi) is 6.34. The van der Waals surface area contributed by atoms with Gasteiger partial charge < -0.3 is 0 Å². The van der Waals surface area contributed by atoms with E-state index >= 15 is 0 Å². The molecule has 0 heteroatoms. The first kappa shape index (κ1) is 18.2. The van der Waals surface area contributed by atoms with Gasteiger partial charge in [-0.3, -0.25) is 0 Å². The third-order valence-corrected chi connectivity index (χ3v) is 5.96. The van der Waals surface area contributed by atoms with Gasteiger partial charge in [-0.25, -0.2) is 0 Å². The molecule has 0 heterocycles. The van der Waals surface area contributed by atoms with Gasteiger partial charge in [0, 0.05) is 0 Å². The largest absolute Gasteiger partial charge is 0.0654 e. The molecule has 0 N–H and O–H groups in total. The topological polar surface area (TPSA) is 0 Å². The second-order valence-electron chi connectivity index (χ2n) is 7.55. The van der Waals surface area contributed by atoms with Gasteiger partial charge in [0.2, 0.25) is 0 Å². The van der Waals surface area contributed by atoms with E-state index in [0.717, 1.165) is 0 Å². The van der Waals surface area contributed by atoms with E-state index in [-0.39, 0.29) is 0 Å². The summed E-state index contributed by atoms with van der Waals surface area (Å²) in [6.45, 7) is 6.98. The summed E-state index contributed by atoms with van der Waals surface area (Å²) in [5.74, 6) is 0. The molecule has 0 amide bonds. The van der Waals surface area contributed by atoms with Crippen LogP contribution in [0.15, 0.2) is 58.2 Å². The third-order valence-electron chi connectivity index (χ3n) is 5.96. The first-order valence-electron chi connectivity index (χ1n) is 10.5. The molecule has 0 aliphatic heterocycles. The highest BCUT2D eigenvalue weighted by Gasteiger charge is 2.33. The van der Waals surface area contributed by atoms with Crippen LogP contribution in [-0.4, -0.2) is 0 Å². The Balaban J connectivity index is 2.18. The van der Waals surface area contributed by atoms with Gasteiger partial charge in [0.25, 0.3) is 0 Å². The zero-order valence-electron chi connectivity index (χ0n) is 16.5. The van der Waals surface area contributed by atoms with E-state index in [0.29, 0.717) is 0 Å². The van der Waals surface area contributed by atoms with Crippen molar-refractivity contribution in [2.75, 3.05) is 0 Å². The molecule has 0 saturated heterocycles. The molecule has 1 fully saturated rings. The standard InChI is InChI=1S/C25H34/c1-4-7-18-22-23(20-14-10-8-11-15-20)25(19(5-2)6-3)24(22)21-16-12-9-13-17-21/h8,10-11,14-15H,4-7,9,12-13,16-18H2,1-3H3. The van der Waals surface area contributed by atoms with Gasteiger partial charge in [-0.1, -0.05) is 75.1 Å². The van der Waals surface area contributed by atoms with E-state index in [1.807, 2.05) is 0 Å². The van der Waals surface area contributed by atoms with Crippen LogP contribution in [0.4, 0.5) is 0 Å². The summed E-state index contributed by atoms with van der Waals surface area (Å²) in [7, 11) is 0. The summed E-state index contributed by atoms with van der Waals surface area (Å²) >= 11 is 0. The van der Waals surface area contributed by atoms with Crippen LogP contribution < -0.4 is 0 Å². The van der Waals surface area contributed by atoms with Crippen LogP contribution in [-0.2, 0) is 0 Å². The van der Waals surface area contributed by atoms with Crippen LogP contribution >= 0.6 is 0 Å². The fourth-order valence-corrected chi connectivity index (χ4v) is 4.59. The van der Waals surface area contributed by atoms with Gasteiger partial charge >= 0.3 is 0 Å². The van der Waals surface area contributed by atoms with Crippen molar-refractivity contribution in [3.8, 4) is 0 Å². The Morgan fingerprint density at radius 3 is 2.12 bits per heavy atom. The second-order valence-corrected chi connectivity index (χ2v) is 7.55. The molecule has 0 atom stereocenters. The minimum Gasteiger partial charge on any atom is -0.0654 e. The number of allylic oxidation sites excluding steroid dienone is 6. The summed E-state index contributed by atoms with van der Waals surface area (Å²) in [4.78, 5) is 0. The van der Waals surface area contributed by atoms with Crippen LogP contribution in [0.5, 0.6) is 0 Å². The summed E-state index contributed by atoms with van der Waals surface area (Å²) in [6, 6.07) is 11.2. The van der Waals surface area contributed by atoms with Crippen molar-refractivity contribution in [3.63, 3.8) is 0 Å². The Bertz CT molecular complexity index is 668. The van der Waals surface area contributed by atoms with Crippen molar-refractivity contribution >= 4 is 5.57 Å². The van der Waals surface area contributed by atoms with Crippen molar-refractivity contribution in [1.29, 1.82) is 0 Å². The monoisotopic (exact) mass is 334 g/mol. The van der Waals surface area contributed by atoms with Crippen molar-refractivity contribution < 1.29 is 0 Å². The Morgan fingerprint density at radius 2 is 1.52 bits per heavy atom. The summed E-state index contributed by atoms with van der Waals surface area (Å²) in [5.41, 5.74) is 11.5. The maximum absolute atomic E-state index is 2.33. The molecule has 0 aromatic heterocycles. The number of unbranched alkanes of at least 4 members (excludes halogenated alkanes) is 1. The molecule has 1 aromatic rings. The van der Waals surface area contributed by atoms with Gasteiger partial charge in [-0.15, -0.1) is 0 Å². The molecule has 1 aromatic carbocycles. The molecule has 0 unspecified atom stereocenters. The lowest BCUT2D eigenvalue weighted by Gasteiger charge is -2.37. The summed E-state index contributed by atoms with van der Waals surface area (Å²) < 4.78 is 0. The van der Waals surface area contributed by atoms with Crippen molar-refractivity contribution in [1.82, 2.24) is 0 Å². The predicted molar refractivity (Wildman–Crippen MR) is 111 cm³/mol. The van der Waals surface area contributed by atoms with Gasteiger partial charge in [0.1, 0.15) is 0 Å². The maximum Gasteiger partial charge on any atom is -0.00675 e. The molecule has 25 heavy (non-hydrogen) atoms. The highest BCUT2D eigenvalue weighted by molar-refractivity contribution is 5.99. The number of benzene rings is 1. The lowest BCUT2D eigenvalue weighted by molar-refractivity contribution is 0.593. The minimum absolute atomic E-state index is 1.18. The number of hydrogen-bond acceptors (Lipinski definition) is 0. The maximum atomic E-state index is 2.33. The van der Waals surface area contributed by atoms with E-state index in [1.54, 1.807) is 33.4 Å². The van der Waals surface area contributed by atoms with Crippen LogP contribution in [0.25, 0.3) is 5.57 Å². The van der Waals surface area contributed by atoms with E-state index in [4.69, 9.17) is 0 Å². The molecule has 3 rings (SSSR count). The Morgan fingerprint density at radius 1 is 0.840 bits per heavy atom. The number of hydrogen-bond donors (Lipinski definition) is 0. The molecule has 0 radical (unpaired) electrons. The van der Waals surface area contributed by atoms with Gasteiger partial charge in [-0.05, 0) is 79.2 Å². The van der Waals surface area contributed by atoms with E-state index in [1.165, 1.54) is 69.8 Å². The van der Waals surface area contributed by atoms with Gasteiger partial charge in [0.05, 0.1) is 0 Å². The SMILES string of the molecule is CCCCC1=C(c2ccccc2)C(=C(CC)CC)C1=C1CCCCC1.